The molecule has 0 amide bonds. The third-order valence-electron chi connectivity index (χ3n) is 5.26. The Bertz CT molecular complexity index is 1570. The van der Waals surface area contributed by atoms with Crippen LogP contribution in [0.1, 0.15) is 31.0 Å². The molecule has 2 aromatic carbocycles. The van der Waals surface area contributed by atoms with Crippen LogP contribution < -0.4 is 19.6 Å². The predicted molar refractivity (Wildman–Crippen MR) is 127 cm³/mol. The van der Waals surface area contributed by atoms with Gasteiger partial charge in [-0.2, -0.15) is 0 Å². The molecule has 2 heterocycles. The number of nitrogens with zero attached hydrogens (tertiary/aromatic N) is 3. The van der Waals surface area contributed by atoms with Crippen LogP contribution in [0.15, 0.2) is 69.6 Å². The average molecular weight is 493 g/mol. The van der Waals surface area contributed by atoms with Gasteiger partial charge in [-0.3, -0.25) is 24.3 Å². The molecule has 0 N–H and O–H groups in total. The molecule has 10 nitrogen and oxygen atoms in total. The number of methoxy groups -OCH3 is 1. The number of benzene rings is 2. The maximum absolute atomic E-state index is 13.5. The van der Waals surface area contributed by atoms with Gasteiger partial charge in [-0.15, -0.1) is 0 Å². The summed E-state index contributed by atoms with van der Waals surface area (Å²) in [5.41, 5.74) is 1.15. The first-order valence-electron chi connectivity index (χ1n) is 10.3. The number of carbonyl (C=O) groups is 2. The predicted octanol–water partition coefficient (Wildman–Crippen LogP) is 2.24. The van der Waals surface area contributed by atoms with E-state index in [1.54, 1.807) is 43.3 Å². The number of nitro groups is 1. The summed E-state index contributed by atoms with van der Waals surface area (Å²) in [7, 11) is 1.25. The smallest absolute Gasteiger partial charge is 0.338 e. The number of allylic oxidation sites excluding steroid dienone is 1. The largest absolute Gasteiger partial charge is 0.466 e. The molecule has 35 heavy (non-hydrogen) atoms. The molecule has 11 heteroatoms. The van der Waals surface area contributed by atoms with E-state index in [1.807, 2.05) is 0 Å². The highest BCUT2D eigenvalue weighted by atomic mass is 32.1. The van der Waals surface area contributed by atoms with Crippen LogP contribution in [0.2, 0.25) is 0 Å². The summed E-state index contributed by atoms with van der Waals surface area (Å²) in [5, 5.41) is 11.1. The number of ether oxygens (including phenoxy) is 2. The minimum Gasteiger partial charge on any atom is -0.466 e. The SMILES string of the molecule is COC(=O)C1=C(C)N=c2s/c(=C/c3cccc([N+](=O)[O-])c3)c(=O)n2[C@H]1c1ccc(OC(C)=O)cc1. The van der Waals surface area contributed by atoms with Crippen molar-refractivity contribution in [3.05, 3.63) is 101 Å². The van der Waals surface area contributed by atoms with Crippen molar-refractivity contribution in [3.8, 4) is 5.75 Å². The molecule has 0 radical (unpaired) electrons. The van der Waals surface area contributed by atoms with Gasteiger partial charge in [-0.1, -0.05) is 35.6 Å². The van der Waals surface area contributed by atoms with Crippen LogP contribution in [0.25, 0.3) is 6.08 Å². The molecule has 0 aliphatic carbocycles. The molecule has 178 valence electrons. The fourth-order valence-corrected chi connectivity index (χ4v) is 4.82. The fraction of sp³-hybridized carbons (Fsp3) is 0.167. The Morgan fingerprint density at radius 3 is 2.54 bits per heavy atom. The third kappa shape index (κ3) is 4.66. The Morgan fingerprint density at radius 1 is 1.20 bits per heavy atom. The molecule has 0 saturated heterocycles. The quantitative estimate of drug-likeness (QED) is 0.231. The summed E-state index contributed by atoms with van der Waals surface area (Å²) >= 11 is 1.11. The zero-order valence-electron chi connectivity index (χ0n) is 18.9. The molecule has 0 spiro atoms. The molecule has 1 aliphatic rings. The van der Waals surface area contributed by atoms with Gasteiger partial charge in [0.1, 0.15) is 5.75 Å². The van der Waals surface area contributed by atoms with Gasteiger partial charge < -0.3 is 9.47 Å². The highest BCUT2D eigenvalue weighted by Crippen LogP contribution is 2.31. The van der Waals surface area contributed by atoms with E-state index in [4.69, 9.17) is 9.47 Å². The lowest BCUT2D eigenvalue weighted by molar-refractivity contribution is -0.384. The normalized spacial score (nSPS) is 15.3. The number of hydrogen-bond acceptors (Lipinski definition) is 9. The van der Waals surface area contributed by atoms with E-state index in [1.165, 1.54) is 36.8 Å². The van der Waals surface area contributed by atoms with Crippen LogP contribution in [-0.2, 0) is 14.3 Å². The monoisotopic (exact) mass is 493 g/mol. The first kappa shape index (κ1) is 23.8. The maximum atomic E-state index is 13.5. The molecule has 0 saturated carbocycles. The summed E-state index contributed by atoms with van der Waals surface area (Å²) in [4.78, 5) is 52.9. The Balaban J connectivity index is 1.90. The Labute approximate surface area is 202 Å². The number of nitro benzene ring substituents is 1. The van der Waals surface area contributed by atoms with Crippen molar-refractivity contribution in [2.45, 2.75) is 19.9 Å². The molecule has 1 aromatic heterocycles. The van der Waals surface area contributed by atoms with Crippen molar-refractivity contribution >= 4 is 35.0 Å². The molecule has 4 rings (SSSR count). The zero-order valence-corrected chi connectivity index (χ0v) is 19.7. The Kier molecular flexibility index (Phi) is 6.43. The third-order valence-corrected chi connectivity index (χ3v) is 6.25. The van der Waals surface area contributed by atoms with Crippen molar-refractivity contribution in [2.75, 3.05) is 7.11 Å². The van der Waals surface area contributed by atoms with Crippen molar-refractivity contribution in [1.82, 2.24) is 4.57 Å². The fourth-order valence-electron chi connectivity index (χ4n) is 3.77. The number of hydrogen-bond donors (Lipinski definition) is 0. The minimum atomic E-state index is -0.836. The van der Waals surface area contributed by atoms with E-state index in [0.717, 1.165) is 11.3 Å². The van der Waals surface area contributed by atoms with E-state index in [9.17, 15) is 24.5 Å². The van der Waals surface area contributed by atoms with Crippen LogP contribution in [0.4, 0.5) is 5.69 Å². The zero-order chi connectivity index (χ0) is 25.3. The molecule has 0 fully saturated rings. The second-order valence-corrected chi connectivity index (χ2v) is 8.60. The van der Waals surface area contributed by atoms with Gasteiger partial charge in [0.15, 0.2) is 4.80 Å². The summed E-state index contributed by atoms with van der Waals surface area (Å²) < 4.78 is 11.7. The lowest BCUT2D eigenvalue weighted by Gasteiger charge is -2.24. The van der Waals surface area contributed by atoms with Crippen molar-refractivity contribution < 1.29 is 24.0 Å². The first-order valence-corrected chi connectivity index (χ1v) is 11.1. The van der Waals surface area contributed by atoms with E-state index >= 15 is 0 Å². The van der Waals surface area contributed by atoms with Crippen LogP contribution in [0.5, 0.6) is 5.75 Å². The molecule has 0 unspecified atom stereocenters. The van der Waals surface area contributed by atoms with Gasteiger partial charge >= 0.3 is 11.9 Å². The molecule has 1 atom stereocenters. The van der Waals surface area contributed by atoms with E-state index < -0.39 is 28.5 Å². The van der Waals surface area contributed by atoms with Crippen LogP contribution in [-0.4, -0.2) is 28.5 Å². The number of carbonyl (C=O) groups excluding carboxylic acids is 2. The summed E-state index contributed by atoms with van der Waals surface area (Å²) in [6.07, 6.45) is 1.55. The highest BCUT2D eigenvalue weighted by molar-refractivity contribution is 7.07. The second-order valence-electron chi connectivity index (χ2n) is 7.59. The van der Waals surface area contributed by atoms with Gasteiger partial charge in [0, 0.05) is 19.1 Å². The summed E-state index contributed by atoms with van der Waals surface area (Å²) in [6.45, 7) is 2.94. The number of esters is 2. The van der Waals surface area contributed by atoms with Gasteiger partial charge in [0.05, 0.1) is 33.9 Å². The highest BCUT2D eigenvalue weighted by Gasteiger charge is 2.33. The van der Waals surface area contributed by atoms with Crippen molar-refractivity contribution in [2.24, 2.45) is 4.99 Å². The number of fused-ring (bicyclic) bond motifs is 1. The molecular weight excluding hydrogens is 474 g/mol. The van der Waals surface area contributed by atoms with E-state index in [2.05, 4.69) is 4.99 Å². The summed E-state index contributed by atoms with van der Waals surface area (Å²) in [6, 6.07) is 11.5. The topological polar surface area (TPSA) is 130 Å². The second kappa shape index (κ2) is 9.47. The van der Waals surface area contributed by atoms with Crippen LogP contribution >= 0.6 is 11.3 Å². The van der Waals surface area contributed by atoms with Crippen molar-refractivity contribution in [3.63, 3.8) is 0 Å². The standard InChI is InChI=1S/C24H19N3O7S/c1-13-20(23(30)33-3)21(16-7-9-18(10-8-16)34-14(2)28)26-22(29)19(35-24(26)25-13)12-15-5-4-6-17(11-15)27(31)32/h4-12,21H,1-3H3/b19-12+/t21-/m0/s1. The van der Waals surface area contributed by atoms with E-state index in [0.29, 0.717) is 31.9 Å². The number of aromatic nitrogens is 1. The van der Waals surface area contributed by atoms with Gasteiger partial charge in [-0.05, 0) is 36.3 Å². The Morgan fingerprint density at radius 2 is 1.91 bits per heavy atom. The molecule has 3 aromatic rings. The Hall–Kier alpha value is -4.38. The lowest BCUT2D eigenvalue weighted by atomic mass is 9.96. The van der Waals surface area contributed by atoms with Gasteiger partial charge in [-0.25, -0.2) is 9.79 Å². The van der Waals surface area contributed by atoms with E-state index in [-0.39, 0.29) is 11.3 Å². The number of thiazole rings is 1. The first-order chi connectivity index (χ1) is 16.7. The number of rotatable bonds is 5. The van der Waals surface area contributed by atoms with Crippen molar-refractivity contribution in [1.29, 1.82) is 0 Å². The summed E-state index contributed by atoms with van der Waals surface area (Å²) in [5.74, 6) is -0.786. The van der Waals surface area contributed by atoms with Crippen LogP contribution in [0, 0.1) is 10.1 Å². The average Bonchev–Trinajstić information content (AvgIpc) is 3.12. The maximum Gasteiger partial charge on any atom is 0.338 e. The van der Waals surface area contributed by atoms with Crippen LogP contribution in [0.3, 0.4) is 0 Å². The molecule has 1 aliphatic heterocycles. The van der Waals surface area contributed by atoms with Gasteiger partial charge in [0.25, 0.3) is 11.2 Å². The molecular formula is C24H19N3O7S. The lowest BCUT2D eigenvalue weighted by Crippen LogP contribution is -2.39. The van der Waals surface area contributed by atoms with Gasteiger partial charge in [0.2, 0.25) is 0 Å². The number of non-ortho nitro benzene ring substituents is 1. The minimum absolute atomic E-state index is 0.0962. The molecule has 0 bridgehead atoms.